The van der Waals surface area contributed by atoms with Crippen molar-refractivity contribution in [2.45, 2.75) is 51.9 Å². The number of aliphatic hydroxyl groups excluding tert-OH is 1. The van der Waals surface area contributed by atoms with Gasteiger partial charge in [0.05, 0.1) is 23.6 Å². The largest absolute Gasteiger partial charge is 0.491 e. The monoisotopic (exact) mass is 408 g/mol. The van der Waals surface area contributed by atoms with Crippen LogP contribution in [0.4, 0.5) is 11.6 Å². The van der Waals surface area contributed by atoms with Gasteiger partial charge in [-0.25, -0.2) is 9.97 Å². The third-order valence-corrected chi connectivity index (χ3v) is 5.54. The number of nitrogens with zero attached hydrogens (tertiary/aromatic N) is 3. The highest BCUT2D eigenvalue weighted by Crippen LogP contribution is 2.39. The molecule has 3 aromatic rings. The van der Waals surface area contributed by atoms with Gasteiger partial charge in [-0.3, -0.25) is 0 Å². The fraction of sp³-hybridized carbons (Fsp3) is 0.435. The number of hydrogen-bond acceptors (Lipinski definition) is 7. The first kappa shape index (κ1) is 20.3. The third kappa shape index (κ3) is 4.46. The molecule has 0 atom stereocenters. The first-order chi connectivity index (χ1) is 14.7. The summed E-state index contributed by atoms with van der Waals surface area (Å²) in [6, 6.07) is 7.51. The van der Waals surface area contributed by atoms with Crippen LogP contribution >= 0.6 is 0 Å². The van der Waals surface area contributed by atoms with Crippen molar-refractivity contribution in [2.24, 2.45) is 0 Å². The van der Waals surface area contributed by atoms with E-state index in [4.69, 9.17) is 19.4 Å². The van der Waals surface area contributed by atoms with Gasteiger partial charge in [0.1, 0.15) is 18.1 Å². The van der Waals surface area contributed by atoms with Gasteiger partial charge in [0.2, 0.25) is 5.95 Å². The summed E-state index contributed by atoms with van der Waals surface area (Å²) >= 11 is 0. The second-order valence-corrected chi connectivity index (χ2v) is 7.78. The molecule has 0 unspecified atom stereocenters. The lowest BCUT2D eigenvalue weighted by Crippen LogP contribution is -2.07. The van der Waals surface area contributed by atoms with Crippen LogP contribution in [0.3, 0.4) is 0 Å². The van der Waals surface area contributed by atoms with Crippen LogP contribution in [0.1, 0.15) is 55.0 Å². The minimum atomic E-state index is -0.0243. The average Bonchev–Trinajstić information content (AvgIpc) is 3.16. The zero-order valence-electron chi connectivity index (χ0n) is 17.5. The van der Waals surface area contributed by atoms with Gasteiger partial charge in [0, 0.05) is 23.9 Å². The highest BCUT2D eigenvalue weighted by molar-refractivity contribution is 5.69. The lowest BCUT2D eigenvalue weighted by molar-refractivity contribution is 0.201. The van der Waals surface area contributed by atoms with Crippen LogP contribution < -0.4 is 10.1 Å². The summed E-state index contributed by atoms with van der Waals surface area (Å²) in [6.45, 7) is 4.19. The second kappa shape index (κ2) is 9.26. The molecule has 0 bridgehead atoms. The number of aromatic nitrogens is 3. The van der Waals surface area contributed by atoms with Crippen LogP contribution in [0.5, 0.6) is 5.75 Å². The first-order valence-corrected chi connectivity index (χ1v) is 10.6. The van der Waals surface area contributed by atoms with Crippen molar-refractivity contribution < 1.29 is 14.4 Å². The van der Waals surface area contributed by atoms with Crippen LogP contribution in [-0.2, 0) is 0 Å². The Balaban J connectivity index is 1.63. The lowest BCUT2D eigenvalue weighted by atomic mass is 9.84. The summed E-state index contributed by atoms with van der Waals surface area (Å²) in [4.78, 5) is 9.27. The van der Waals surface area contributed by atoms with Crippen molar-refractivity contribution in [3.05, 3.63) is 47.5 Å². The van der Waals surface area contributed by atoms with E-state index in [1.807, 2.05) is 44.3 Å². The smallest absolute Gasteiger partial charge is 0.227 e. The summed E-state index contributed by atoms with van der Waals surface area (Å²) in [6.07, 6.45) is 7.89. The van der Waals surface area contributed by atoms with Gasteiger partial charge in [-0.2, -0.15) is 0 Å². The van der Waals surface area contributed by atoms with Gasteiger partial charge in [0.25, 0.3) is 0 Å². The molecule has 2 aromatic heterocycles. The topological polar surface area (TPSA) is 93.3 Å². The van der Waals surface area contributed by atoms with Gasteiger partial charge >= 0.3 is 0 Å². The lowest BCUT2D eigenvalue weighted by Gasteiger charge is -2.20. The van der Waals surface area contributed by atoms with Gasteiger partial charge in [-0.05, 0) is 44.4 Å². The quantitative estimate of drug-likeness (QED) is 0.573. The summed E-state index contributed by atoms with van der Waals surface area (Å²) in [5, 5.41) is 16.6. The van der Waals surface area contributed by atoms with E-state index >= 15 is 0 Å². The molecule has 0 amide bonds. The molecular weight excluding hydrogens is 380 g/mol. The summed E-state index contributed by atoms with van der Waals surface area (Å²) in [5.41, 5.74) is 4.70. The Labute approximate surface area is 176 Å². The predicted molar refractivity (Wildman–Crippen MR) is 115 cm³/mol. The Morgan fingerprint density at radius 1 is 1.20 bits per heavy atom. The second-order valence-electron chi connectivity index (χ2n) is 7.78. The molecule has 2 N–H and O–H groups in total. The number of aliphatic hydroxyl groups is 1. The Bertz CT molecular complexity index is 996. The van der Waals surface area contributed by atoms with Crippen molar-refractivity contribution in [2.75, 3.05) is 18.5 Å². The summed E-state index contributed by atoms with van der Waals surface area (Å²) in [7, 11) is 0. The predicted octanol–water partition coefficient (Wildman–Crippen LogP) is 4.91. The van der Waals surface area contributed by atoms with Crippen LogP contribution in [-0.4, -0.2) is 33.4 Å². The Hall–Kier alpha value is -2.93. The number of ether oxygens (including phenoxy) is 1. The first-order valence-electron chi connectivity index (χ1n) is 10.6. The molecule has 1 fully saturated rings. The maximum absolute atomic E-state index is 8.94. The highest BCUT2D eigenvalue weighted by Gasteiger charge is 2.26. The number of aryl methyl sites for hydroxylation is 2. The van der Waals surface area contributed by atoms with Gasteiger partial charge in [-0.1, -0.05) is 30.5 Å². The molecule has 1 aliphatic carbocycles. The van der Waals surface area contributed by atoms with E-state index in [-0.39, 0.29) is 13.2 Å². The van der Waals surface area contributed by atoms with Crippen LogP contribution in [0, 0.1) is 13.8 Å². The van der Waals surface area contributed by atoms with Crippen molar-refractivity contribution in [3.8, 4) is 17.0 Å². The number of rotatable bonds is 7. The molecule has 1 aliphatic rings. The van der Waals surface area contributed by atoms with Crippen molar-refractivity contribution in [1.29, 1.82) is 0 Å². The van der Waals surface area contributed by atoms with Crippen LogP contribution in [0.25, 0.3) is 11.3 Å². The maximum atomic E-state index is 8.94. The Kier molecular flexibility index (Phi) is 6.28. The van der Waals surface area contributed by atoms with Crippen molar-refractivity contribution in [3.63, 3.8) is 0 Å². The molecule has 7 nitrogen and oxygen atoms in total. The third-order valence-electron chi connectivity index (χ3n) is 5.54. The number of anilines is 2. The fourth-order valence-corrected chi connectivity index (χ4v) is 4.04. The van der Waals surface area contributed by atoms with E-state index < -0.39 is 0 Å². The fourth-order valence-electron chi connectivity index (χ4n) is 4.04. The van der Waals surface area contributed by atoms with E-state index in [0.29, 0.717) is 17.6 Å². The SMILES string of the molecule is Cc1cnc(Nc2cccc(OCCO)c2)nc1-c1c(C2CCCCC2)noc1C. The molecular formula is C23H28N4O3. The van der Waals surface area contributed by atoms with Gasteiger partial charge < -0.3 is 19.7 Å². The molecule has 1 aromatic carbocycles. The Morgan fingerprint density at radius 3 is 2.83 bits per heavy atom. The zero-order chi connectivity index (χ0) is 20.9. The molecule has 0 spiro atoms. The average molecular weight is 409 g/mol. The van der Waals surface area contributed by atoms with E-state index in [1.165, 1.54) is 19.3 Å². The number of benzene rings is 1. The standard InChI is InChI=1S/C23H28N4O3/c1-15-14-24-23(25-18-9-6-10-19(13-18)29-12-11-28)26-21(15)20-16(2)30-27-22(20)17-7-4-3-5-8-17/h6,9-10,13-14,17,28H,3-5,7-8,11-12H2,1-2H3,(H,24,25,26). The summed E-state index contributed by atoms with van der Waals surface area (Å²) in [5.74, 6) is 2.40. The minimum Gasteiger partial charge on any atom is -0.491 e. The number of nitrogens with one attached hydrogen (secondary N) is 1. The molecule has 158 valence electrons. The van der Waals surface area contributed by atoms with Crippen LogP contribution in [0.2, 0.25) is 0 Å². The molecule has 30 heavy (non-hydrogen) atoms. The van der Waals surface area contributed by atoms with E-state index in [0.717, 1.165) is 46.8 Å². The van der Waals surface area contributed by atoms with E-state index in [9.17, 15) is 0 Å². The maximum Gasteiger partial charge on any atom is 0.227 e. The molecule has 4 rings (SSSR count). The van der Waals surface area contributed by atoms with Crippen LogP contribution in [0.15, 0.2) is 35.0 Å². The molecule has 2 heterocycles. The molecule has 1 saturated carbocycles. The minimum absolute atomic E-state index is 0.0243. The molecule has 7 heteroatoms. The van der Waals surface area contributed by atoms with E-state index in [2.05, 4.69) is 15.5 Å². The molecule has 0 saturated heterocycles. The summed E-state index contributed by atoms with van der Waals surface area (Å²) < 4.78 is 11.1. The van der Waals surface area contributed by atoms with Gasteiger partial charge in [0.15, 0.2) is 0 Å². The Morgan fingerprint density at radius 2 is 2.03 bits per heavy atom. The van der Waals surface area contributed by atoms with Crippen molar-refractivity contribution >= 4 is 11.6 Å². The van der Waals surface area contributed by atoms with Gasteiger partial charge in [-0.15, -0.1) is 0 Å². The molecule has 0 radical (unpaired) electrons. The van der Waals surface area contributed by atoms with E-state index in [1.54, 1.807) is 0 Å². The molecule has 0 aliphatic heterocycles. The highest BCUT2D eigenvalue weighted by atomic mass is 16.5. The number of hydrogen-bond donors (Lipinski definition) is 2. The normalized spacial score (nSPS) is 14.6. The zero-order valence-corrected chi connectivity index (χ0v) is 17.5. The van der Waals surface area contributed by atoms with Crippen molar-refractivity contribution in [1.82, 2.24) is 15.1 Å².